The maximum atomic E-state index is 13.9. The Morgan fingerprint density at radius 2 is 1.78 bits per heavy atom. The summed E-state index contributed by atoms with van der Waals surface area (Å²) in [4.78, 5) is 9.03. The summed E-state index contributed by atoms with van der Waals surface area (Å²) in [6, 6.07) is 15.2. The Morgan fingerprint density at radius 1 is 0.889 bits per heavy atom. The van der Waals surface area contributed by atoms with E-state index in [0.29, 0.717) is 5.56 Å². The Labute approximate surface area is 155 Å². The molecule has 5 heteroatoms. The monoisotopic (exact) mass is 354 g/mol. The fourth-order valence-corrected chi connectivity index (χ4v) is 3.32. The van der Waals surface area contributed by atoms with Crippen LogP contribution >= 0.6 is 0 Å². The van der Waals surface area contributed by atoms with Gasteiger partial charge in [0.15, 0.2) is 5.65 Å². The molecular formula is C22H15FN4. The second-order valence-electron chi connectivity index (χ2n) is 6.51. The lowest BCUT2D eigenvalue weighted by atomic mass is 10.0. The zero-order valence-corrected chi connectivity index (χ0v) is 14.6. The van der Waals surface area contributed by atoms with Gasteiger partial charge in [0.05, 0.1) is 11.7 Å². The van der Waals surface area contributed by atoms with Crippen LogP contribution in [-0.2, 0) is 0 Å². The van der Waals surface area contributed by atoms with E-state index in [1.165, 1.54) is 6.07 Å². The number of aromatic nitrogens is 4. The molecule has 4 nitrogen and oxygen atoms in total. The van der Waals surface area contributed by atoms with Gasteiger partial charge in [-0.05, 0) is 41.8 Å². The summed E-state index contributed by atoms with van der Waals surface area (Å²) in [6.45, 7) is 1.75. The number of para-hydroxylation sites is 1. The number of halogens is 1. The van der Waals surface area contributed by atoms with Gasteiger partial charge in [-0.3, -0.25) is 4.98 Å². The van der Waals surface area contributed by atoms with Crippen molar-refractivity contribution >= 4 is 16.6 Å². The highest BCUT2D eigenvalue weighted by Gasteiger charge is 2.12. The number of nitrogens with zero attached hydrogens (tertiary/aromatic N) is 4. The molecule has 130 valence electrons. The molecule has 0 bridgehead atoms. The first kappa shape index (κ1) is 15.6. The molecule has 0 saturated carbocycles. The maximum Gasteiger partial charge on any atom is 0.162 e. The first-order valence-corrected chi connectivity index (χ1v) is 8.65. The normalized spacial score (nSPS) is 11.3. The number of rotatable bonds is 2. The molecule has 0 aliphatic carbocycles. The van der Waals surface area contributed by atoms with Gasteiger partial charge < -0.3 is 0 Å². The summed E-state index contributed by atoms with van der Waals surface area (Å²) in [7, 11) is 0. The molecule has 0 atom stereocenters. The van der Waals surface area contributed by atoms with Gasteiger partial charge in [0.25, 0.3) is 0 Å². The van der Waals surface area contributed by atoms with E-state index in [0.717, 1.165) is 38.8 Å². The van der Waals surface area contributed by atoms with Crippen LogP contribution in [0.5, 0.6) is 0 Å². The van der Waals surface area contributed by atoms with Crippen molar-refractivity contribution in [3.8, 4) is 22.3 Å². The highest BCUT2D eigenvalue weighted by atomic mass is 19.1. The van der Waals surface area contributed by atoms with E-state index in [-0.39, 0.29) is 5.82 Å². The van der Waals surface area contributed by atoms with E-state index in [4.69, 9.17) is 0 Å². The highest BCUT2D eigenvalue weighted by Crippen LogP contribution is 2.30. The topological polar surface area (TPSA) is 43.1 Å². The van der Waals surface area contributed by atoms with Crippen molar-refractivity contribution in [2.24, 2.45) is 0 Å². The lowest BCUT2D eigenvalue weighted by molar-refractivity contribution is 0.619. The number of fused-ring (bicyclic) bond motifs is 2. The van der Waals surface area contributed by atoms with Crippen molar-refractivity contribution in [2.45, 2.75) is 6.92 Å². The van der Waals surface area contributed by atoms with Crippen LogP contribution in [0.25, 0.3) is 38.8 Å². The zero-order valence-electron chi connectivity index (χ0n) is 14.6. The van der Waals surface area contributed by atoms with Crippen molar-refractivity contribution in [1.29, 1.82) is 0 Å². The molecule has 3 heterocycles. The van der Waals surface area contributed by atoms with E-state index < -0.39 is 0 Å². The lowest BCUT2D eigenvalue weighted by Gasteiger charge is -2.06. The first-order valence-electron chi connectivity index (χ1n) is 8.65. The summed E-state index contributed by atoms with van der Waals surface area (Å²) >= 11 is 0. The van der Waals surface area contributed by atoms with Crippen molar-refractivity contribution < 1.29 is 4.39 Å². The smallest absolute Gasteiger partial charge is 0.162 e. The molecule has 0 radical (unpaired) electrons. The molecule has 0 saturated heterocycles. The van der Waals surface area contributed by atoms with Crippen LogP contribution in [0.3, 0.4) is 0 Å². The predicted octanol–water partition coefficient (Wildman–Crippen LogP) is 5.06. The van der Waals surface area contributed by atoms with E-state index in [2.05, 4.69) is 15.1 Å². The number of hydrogen-bond donors (Lipinski definition) is 0. The lowest BCUT2D eigenvalue weighted by Crippen LogP contribution is -1.93. The summed E-state index contributed by atoms with van der Waals surface area (Å²) in [5.41, 5.74) is 5.88. The zero-order chi connectivity index (χ0) is 18.4. The summed E-state index contributed by atoms with van der Waals surface area (Å²) in [6.07, 6.45) is 7.24. The molecule has 0 unspecified atom stereocenters. The third-order valence-corrected chi connectivity index (χ3v) is 4.80. The highest BCUT2D eigenvalue weighted by molar-refractivity contribution is 5.97. The molecule has 27 heavy (non-hydrogen) atoms. The van der Waals surface area contributed by atoms with Gasteiger partial charge in [0.2, 0.25) is 0 Å². The first-order chi connectivity index (χ1) is 13.2. The van der Waals surface area contributed by atoms with Crippen LogP contribution in [0.1, 0.15) is 5.56 Å². The molecule has 3 aromatic heterocycles. The van der Waals surface area contributed by atoms with Gasteiger partial charge in [-0.25, -0.2) is 13.9 Å². The Morgan fingerprint density at radius 3 is 2.67 bits per heavy atom. The third-order valence-electron chi connectivity index (χ3n) is 4.80. The van der Waals surface area contributed by atoms with Gasteiger partial charge in [0.1, 0.15) is 5.82 Å². The van der Waals surface area contributed by atoms with E-state index in [9.17, 15) is 4.39 Å². The second-order valence-corrected chi connectivity index (χ2v) is 6.51. The van der Waals surface area contributed by atoms with E-state index >= 15 is 0 Å². The van der Waals surface area contributed by atoms with Gasteiger partial charge in [-0.2, -0.15) is 5.10 Å². The molecule has 5 rings (SSSR count). The average Bonchev–Trinajstić information content (AvgIpc) is 3.12. The SMILES string of the molecule is Cc1ccc(-c2cnc3c(-c4ccnc5ccccc45)cnn3c2)cc1F. The molecule has 5 aromatic rings. The minimum atomic E-state index is -0.225. The van der Waals surface area contributed by atoms with Crippen LogP contribution in [0.4, 0.5) is 4.39 Å². The quantitative estimate of drug-likeness (QED) is 0.445. The van der Waals surface area contributed by atoms with Crippen molar-refractivity contribution in [3.05, 3.63) is 84.7 Å². The molecule has 0 fully saturated rings. The average molecular weight is 354 g/mol. The van der Waals surface area contributed by atoms with Gasteiger partial charge >= 0.3 is 0 Å². The fourth-order valence-electron chi connectivity index (χ4n) is 3.32. The van der Waals surface area contributed by atoms with Crippen LogP contribution in [0, 0.1) is 12.7 Å². The van der Waals surface area contributed by atoms with Crippen LogP contribution in [-0.4, -0.2) is 19.6 Å². The predicted molar refractivity (Wildman–Crippen MR) is 104 cm³/mol. The molecule has 0 aliphatic heterocycles. The maximum absolute atomic E-state index is 13.9. The summed E-state index contributed by atoms with van der Waals surface area (Å²) in [5, 5.41) is 5.52. The summed E-state index contributed by atoms with van der Waals surface area (Å²) < 4.78 is 15.6. The van der Waals surface area contributed by atoms with E-state index in [1.54, 1.807) is 29.9 Å². The number of aryl methyl sites for hydroxylation is 1. The minimum absolute atomic E-state index is 0.225. The fraction of sp³-hybridized carbons (Fsp3) is 0.0455. The van der Waals surface area contributed by atoms with E-state index in [1.807, 2.05) is 48.8 Å². The minimum Gasteiger partial charge on any atom is -0.256 e. The largest absolute Gasteiger partial charge is 0.256 e. The van der Waals surface area contributed by atoms with Gasteiger partial charge in [-0.15, -0.1) is 0 Å². The standard InChI is InChI=1S/C22H15FN4/c1-14-6-7-15(10-20(14)23)16-11-25-22-19(12-26-27(22)13-16)17-8-9-24-21-5-3-2-4-18(17)21/h2-13H,1H3. The van der Waals surface area contributed by atoms with Gasteiger partial charge in [0, 0.05) is 35.1 Å². The number of pyridine rings is 1. The van der Waals surface area contributed by atoms with Crippen LogP contribution in [0.15, 0.2) is 73.3 Å². The molecule has 2 aromatic carbocycles. The number of benzene rings is 2. The van der Waals surface area contributed by atoms with Crippen molar-refractivity contribution in [3.63, 3.8) is 0 Å². The Bertz CT molecular complexity index is 1300. The number of hydrogen-bond acceptors (Lipinski definition) is 3. The third kappa shape index (κ3) is 2.56. The Hall–Kier alpha value is -3.60. The summed E-state index contributed by atoms with van der Waals surface area (Å²) in [5.74, 6) is -0.225. The Balaban J connectivity index is 1.67. The molecular weight excluding hydrogens is 339 g/mol. The van der Waals surface area contributed by atoms with Crippen molar-refractivity contribution in [1.82, 2.24) is 19.6 Å². The Kier molecular flexibility index (Phi) is 3.47. The van der Waals surface area contributed by atoms with Crippen LogP contribution < -0.4 is 0 Å². The molecule has 0 aliphatic rings. The molecule has 0 N–H and O–H groups in total. The van der Waals surface area contributed by atoms with Crippen LogP contribution in [0.2, 0.25) is 0 Å². The molecule has 0 spiro atoms. The second kappa shape index (κ2) is 5.99. The van der Waals surface area contributed by atoms with Crippen molar-refractivity contribution in [2.75, 3.05) is 0 Å². The van der Waals surface area contributed by atoms with Gasteiger partial charge in [-0.1, -0.05) is 30.3 Å². The molecule has 0 amide bonds.